The number of nitrogens with zero attached hydrogens (tertiary/aromatic N) is 1. The molecule has 31 heavy (non-hydrogen) atoms. The number of dihydropyridines is 1. The van der Waals surface area contributed by atoms with E-state index >= 15 is 0 Å². The van der Waals surface area contributed by atoms with Crippen molar-refractivity contribution in [3.63, 3.8) is 0 Å². The Morgan fingerprint density at radius 3 is 2.45 bits per heavy atom. The number of Topliss-reactive ketones (excluding diaryl/α,β-unsaturated/α-hetero) is 1. The van der Waals surface area contributed by atoms with Crippen LogP contribution in [-0.4, -0.2) is 23.8 Å². The number of methoxy groups -OCH3 is 1. The molecular formula is C24H22N2O5. The van der Waals surface area contributed by atoms with Crippen LogP contribution in [0.25, 0.3) is 0 Å². The van der Waals surface area contributed by atoms with E-state index in [1.807, 2.05) is 30.3 Å². The van der Waals surface area contributed by atoms with Crippen molar-refractivity contribution in [2.75, 3.05) is 7.11 Å². The number of nitrogens with one attached hydrogen (secondary N) is 1. The maximum atomic E-state index is 13.4. The van der Waals surface area contributed by atoms with Crippen LogP contribution in [0.1, 0.15) is 42.7 Å². The van der Waals surface area contributed by atoms with E-state index in [0.29, 0.717) is 29.0 Å². The van der Waals surface area contributed by atoms with E-state index in [2.05, 4.69) is 5.32 Å². The van der Waals surface area contributed by atoms with Crippen LogP contribution in [0.4, 0.5) is 5.69 Å². The minimum Gasteiger partial charge on any atom is -0.466 e. The Bertz CT molecular complexity index is 1130. The molecule has 0 saturated heterocycles. The van der Waals surface area contributed by atoms with Gasteiger partial charge < -0.3 is 10.1 Å². The van der Waals surface area contributed by atoms with E-state index in [0.717, 1.165) is 5.56 Å². The molecule has 1 aliphatic carbocycles. The van der Waals surface area contributed by atoms with Crippen LogP contribution >= 0.6 is 0 Å². The molecule has 1 aliphatic heterocycles. The molecule has 0 unspecified atom stereocenters. The number of allylic oxidation sites excluding steroid dienone is 3. The van der Waals surface area contributed by atoms with Crippen LogP contribution in [0.15, 0.2) is 77.1 Å². The summed E-state index contributed by atoms with van der Waals surface area (Å²) in [6.07, 6.45) is 0.850. The van der Waals surface area contributed by atoms with Crippen molar-refractivity contribution in [1.29, 1.82) is 0 Å². The van der Waals surface area contributed by atoms with Gasteiger partial charge in [-0.25, -0.2) is 4.79 Å². The average molecular weight is 418 g/mol. The summed E-state index contributed by atoms with van der Waals surface area (Å²) in [5, 5.41) is 15.0. The first kappa shape index (κ1) is 20.5. The molecule has 7 nitrogen and oxygen atoms in total. The van der Waals surface area contributed by atoms with Crippen LogP contribution in [0.3, 0.4) is 0 Å². The number of benzene rings is 2. The Hall–Kier alpha value is -3.74. The van der Waals surface area contributed by atoms with Gasteiger partial charge in [0.25, 0.3) is 5.69 Å². The number of nitro groups is 1. The number of ether oxygens (including phenoxy) is 1. The summed E-state index contributed by atoms with van der Waals surface area (Å²) in [6.45, 7) is 1.73. The number of hydrogen-bond acceptors (Lipinski definition) is 6. The molecule has 1 N–H and O–H groups in total. The smallest absolute Gasteiger partial charge is 0.336 e. The Morgan fingerprint density at radius 2 is 1.77 bits per heavy atom. The fraction of sp³-hybridized carbons (Fsp3) is 0.250. The second-order valence-corrected chi connectivity index (χ2v) is 7.74. The van der Waals surface area contributed by atoms with Gasteiger partial charge in [-0.05, 0) is 24.8 Å². The van der Waals surface area contributed by atoms with Crippen molar-refractivity contribution in [1.82, 2.24) is 5.32 Å². The van der Waals surface area contributed by atoms with E-state index in [1.54, 1.807) is 25.1 Å². The quantitative estimate of drug-likeness (QED) is 0.455. The average Bonchev–Trinajstić information content (AvgIpc) is 2.78. The number of hydrogen-bond donors (Lipinski definition) is 1. The number of carbonyl (C=O) groups excluding carboxylic acids is 2. The highest BCUT2D eigenvalue weighted by molar-refractivity contribution is 6.04. The van der Waals surface area contributed by atoms with E-state index < -0.39 is 16.8 Å². The third-order valence-corrected chi connectivity index (χ3v) is 5.95. The number of rotatable bonds is 4. The zero-order chi connectivity index (χ0) is 22.1. The molecule has 0 bridgehead atoms. The minimum atomic E-state index is -0.852. The molecule has 2 atom stereocenters. The maximum absolute atomic E-state index is 13.4. The van der Waals surface area contributed by atoms with Crippen molar-refractivity contribution in [2.24, 2.45) is 0 Å². The van der Waals surface area contributed by atoms with Gasteiger partial charge in [0, 0.05) is 35.0 Å². The first-order chi connectivity index (χ1) is 14.9. The summed E-state index contributed by atoms with van der Waals surface area (Å²) >= 11 is 0. The number of esters is 1. The Morgan fingerprint density at radius 1 is 1.10 bits per heavy atom. The van der Waals surface area contributed by atoms with Crippen LogP contribution < -0.4 is 5.32 Å². The van der Waals surface area contributed by atoms with Gasteiger partial charge >= 0.3 is 5.97 Å². The largest absolute Gasteiger partial charge is 0.466 e. The number of carbonyl (C=O) groups is 2. The molecule has 0 aromatic heterocycles. The highest BCUT2D eigenvalue weighted by Crippen LogP contribution is 2.47. The second-order valence-electron chi connectivity index (χ2n) is 7.74. The lowest BCUT2D eigenvalue weighted by Crippen LogP contribution is -2.36. The highest BCUT2D eigenvalue weighted by Gasteiger charge is 2.43. The monoisotopic (exact) mass is 418 g/mol. The molecule has 4 rings (SSSR count). The summed E-state index contributed by atoms with van der Waals surface area (Å²) in [7, 11) is 1.26. The SMILES string of the molecule is COC(=O)C1=C(C)NC2=C(C(=O)C[C@@H](c3ccccc3)C2)[C@H]1c1ccccc1[N+](=O)[O-]. The van der Waals surface area contributed by atoms with Gasteiger partial charge in [-0.2, -0.15) is 0 Å². The zero-order valence-corrected chi connectivity index (χ0v) is 17.3. The molecule has 0 fully saturated rings. The van der Waals surface area contributed by atoms with Crippen LogP contribution in [0.5, 0.6) is 0 Å². The lowest BCUT2D eigenvalue weighted by Gasteiger charge is -2.36. The van der Waals surface area contributed by atoms with E-state index in [9.17, 15) is 19.7 Å². The summed E-state index contributed by atoms with van der Waals surface area (Å²) < 4.78 is 4.98. The molecule has 7 heteroatoms. The Labute approximate surface area is 179 Å². The molecule has 2 aliphatic rings. The lowest BCUT2D eigenvalue weighted by atomic mass is 9.71. The predicted octanol–water partition coefficient (Wildman–Crippen LogP) is 4.13. The summed E-state index contributed by atoms with van der Waals surface area (Å²) in [5.74, 6) is -1.59. The van der Waals surface area contributed by atoms with Crippen LogP contribution in [0.2, 0.25) is 0 Å². The van der Waals surface area contributed by atoms with Crippen molar-refractivity contribution >= 4 is 17.4 Å². The van der Waals surface area contributed by atoms with E-state index in [4.69, 9.17) is 4.74 Å². The van der Waals surface area contributed by atoms with Gasteiger partial charge in [0.05, 0.1) is 23.5 Å². The van der Waals surface area contributed by atoms with Crippen molar-refractivity contribution in [3.05, 3.63) is 98.4 Å². The van der Waals surface area contributed by atoms with Crippen molar-refractivity contribution in [2.45, 2.75) is 31.6 Å². The van der Waals surface area contributed by atoms with Crippen LogP contribution in [-0.2, 0) is 14.3 Å². The topological polar surface area (TPSA) is 98.5 Å². The van der Waals surface area contributed by atoms with Crippen molar-refractivity contribution in [3.8, 4) is 0 Å². The van der Waals surface area contributed by atoms with Crippen molar-refractivity contribution < 1.29 is 19.2 Å². The first-order valence-corrected chi connectivity index (χ1v) is 10.0. The summed E-state index contributed by atoms with van der Waals surface area (Å²) in [5.41, 5.74) is 3.12. The molecule has 0 radical (unpaired) electrons. The predicted molar refractivity (Wildman–Crippen MR) is 114 cm³/mol. The first-order valence-electron chi connectivity index (χ1n) is 10.0. The molecule has 1 heterocycles. The number of para-hydroxylation sites is 1. The molecule has 0 spiro atoms. The normalized spacial score (nSPS) is 20.8. The van der Waals surface area contributed by atoms with Gasteiger partial charge in [0.15, 0.2) is 5.78 Å². The Balaban J connectivity index is 1.88. The maximum Gasteiger partial charge on any atom is 0.336 e. The molecule has 2 aromatic carbocycles. The third kappa shape index (κ3) is 3.63. The fourth-order valence-corrected chi connectivity index (χ4v) is 4.59. The van der Waals surface area contributed by atoms with E-state index in [-0.39, 0.29) is 29.4 Å². The van der Waals surface area contributed by atoms with Gasteiger partial charge in [0.2, 0.25) is 0 Å². The lowest BCUT2D eigenvalue weighted by molar-refractivity contribution is -0.385. The summed E-state index contributed by atoms with van der Waals surface area (Å²) in [4.78, 5) is 37.3. The van der Waals surface area contributed by atoms with Gasteiger partial charge in [-0.3, -0.25) is 14.9 Å². The molecule has 158 valence electrons. The Kier molecular flexibility index (Phi) is 5.42. The van der Waals surface area contributed by atoms with Gasteiger partial charge in [-0.15, -0.1) is 0 Å². The number of ketones is 1. The molecular weight excluding hydrogens is 396 g/mol. The molecule has 2 aromatic rings. The van der Waals surface area contributed by atoms with Crippen LogP contribution in [0, 0.1) is 10.1 Å². The minimum absolute atomic E-state index is 0.00108. The standard InChI is InChI=1S/C24H22N2O5/c1-14-21(24(28)31-2)22(17-10-6-7-11-19(17)26(29)30)23-18(25-14)12-16(13-20(23)27)15-8-4-3-5-9-15/h3-11,16,22,25H,12-13H2,1-2H3/t16-,22-/m0/s1. The fourth-order valence-electron chi connectivity index (χ4n) is 4.59. The highest BCUT2D eigenvalue weighted by atomic mass is 16.6. The summed E-state index contributed by atoms with van der Waals surface area (Å²) in [6, 6.07) is 16.0. The van der Waals surface area contributed by atoms with Gasteiger partial charge in [-0.1, -0.05) is 48.5 Å². The molecule has 0 saturated carbocycles. The zero-order valence-electron chi connectivity index (χ0n) is 17.3. The third-order valence-electron chi connectivity index (χ3n) is 5.95. The van der Waals surface area contributed by atoms with Gasteiger partial charge in [0.1, 0.15) is 0 Å². The second kappa shape index (κ2) is 8.18. The number of nitro benzene ring substituents is 1. The van der Waals surface area contributed by atoms with E-state index in [1.165, 1.54) is 13.2 Å². The molecule has 0 amide bonds.